The number of hydrogen-bond acceptors (Lipinski definition) is 4. The molecular formula is C31H44O4. The first-order chi connectivity index (χ1) is 17.2. The number of esters is 1. The summed E-state index contributed by atoms with van der Waals surface area (Å²) in [5.74, 6) is 3.59. The van der Waals surface area contributed by atoms with Crippen molar-refractivity contribution >= 4 is 5.97 Å². The quantitative estimate of drug-likeness (QED) is 0.145. The van der Waals surface area contributed by atoms with E-state index in [1.807, 2.05) is 24.3 Å². The number of unbranched alkanes of at least 4 members (excludes halogenated alkanes) is 3. The molecule has 0 aromatic heterocycles. The molecule has 4 nitrogen and oxygen atoms in total. The Kier molecular flexibility index (Phi) is 12.0. The first-order valence-electron chi connectivity index (χ1n) is 13.9. The van der Waals surface area contributed by atoms with Crippen molar-refractivity contribution in [3.63, 3.8) is 0 Å². The number of rotatable bonds is 15. The Labute approximate surface area is 212 Å². The van der Waals surface area contributed by atoms with Gasteiger partial charge in [0.1, 0.15) is 17.2 Å². The second kappa shape index (κ2) is 15.5. The highest BCUT2D eigenvalue weighted by Gasteiger charge is 2.20. The summed E-state index contributed by atoms with van der Waals surface area (Å²) < 4.78 is 17.2. The van der Waals surface area contributed by atoms with Crippen molar-refractivity contribution in [2.24, 2.45) is 11.8 Å². The third kappa shape index (κ3) is 9.95. The highest BCUT2D eigenvalue weighted by molar-refractivity contribution is 5.91. The lowest BCUT2D eigenvalue weighted by atomic mass is 9.78. The molecule has 0 N–H and O–H groups in total. The van der Waals surface area contributed by atoms with Crippen molar-refractivity contribution in [1.29, 1.82) is 0 Å². The Morgan fingerprint density at radius 3 is 1.80 bits per heavy atom. The van der Waals surface area contributed by atoms with Crippen LogP contribution in [0.5, 0.6) is 17.2 Å². The largest absolute Gasteiger partial charge is 0.494 e. The Bertz CT molecular complexity index is 835. The predicted octanol–water partition coefficient (Wildman–Crippen LogP) is 8.63. The molecule has 0 bridgehead atoms. The van der Waals surface area contributed by atoms with E-state index in [4.69, 9.17) is 14.2 Å². The van der Waals surface area contributed by atoms with Crippen molar-refractivity contribution in [3.05, 3.63) is 54.1 Å². The van der Waals surface area contributed by atoms with Crippen LogP contribution >= 0.6 is 0 Å². The van der Waals surface area contributed by atoms with E-state index in [1.165, 1.54) is 64.2 Å². The molecule has 2 aromatic carbocycles. The van der Waals surface area contributed by atoms with Gasteiger partial charge >= 0.3 is 5.97 Å². The third-order valence-electron chi connectivity index (χ3n) is 7.08. The Hall–Kier alpha value is -2.49. The van der Waals surface area contributed by atoms with E-state index in [1.54, 1.807) is 24.3 Å². The van der Waals surface area contributed by atoms with Gasteiger partial charge in [-0.25, -0.2) is 4.79 Å². The molecule has 0 saturated heterocycles. The summed E-state index contributed by atoms with van der Waals surface area (Å²) in [6, 6.07) is 14.5. The summed E-state index contributed by atoms with van der Waals surface area (Å²) in [5, 5.41) is 0. The minimum atomic E-state index is -0.373. The number of carbonyl (C=O) groups excluding carboxylic acids is 1. The zero-order valence-corrected chi connectivity index (χ0v) is 21.8. The highest BCUT2D eigenvalue weighted by Crippen LogP contribution is 2.33. The van der Waals surface area contributed by atoms with Gasteiger partial charge in [-0.15, -0.1) is 0 Å². The van der Waals surface area contributed by atoms with Crippen LogP contribution in [0.1, 0.15) is 101 Å². The summed E-state index contributed by atoms with van der Waals surface area (Å²) in [6.45, 7) is 5.94. The summed E-state index contributed by atoms with van der Waals surface area (Å²) >= 11 is 0. The van der Waals surface area contributed by atoms with Gasteiger partial charge in [0.2, 0.25) is 0 Å². The number of hydrogen-bond donors (Lipinski definition) is 0. The fraction of sp³-hybridized carbons (Fsp3) is 0.581. The first-order valence-corrected chi connectivity index (χ1v) is 13.9. The van der Waals surface area contributed by atoms with E-state index >= 15 is 0 Å². The summed E-state index contributed by atoms with van der Waals surface area (Å²) in [5.41, 5.74) is 0.507. The maximum absolute atomic E-state index is 12.5. The maximum Gasteiger partial charge on any atom is 0.343 e. The molecule has 3 rings (SSSR count). The van der Waals surface area contributed by atoms with Crippen LogP contribution in [0.3, 0.4) is 0 Å². The standard InChI is InChI=1S/C31H44O4/c1-3-5-6-7-23-33-28-17-15-27(16-18-28)31(32)35-30-21-19-29(20-22-30)34-24-8-10-26-13-11-25(9-4-2)12-14-26/h15-22,25-26H,3-14,23-24H2,1-2H3/t25-,26-. The van der Waals surface area contributed by atoms with Gasteiger partial charge in [-0.1, -0.05) is 71.6 Å². The van der Waals surface area contributed by atoms with Gasteiger partial charge in [0.15, 0.2) is 0 Å². The van der Waals surface area contributed by atoms with Gasteiger partial charge in [-0.05, 0) is 79.6 Å². The van der Waals surface area contributed by atoms with E-state index < -0.39 is 0 Å². The number of benzene rings is 2. The molecule has 0 aliphatic heterocycles. The van der Waals surface area contributed by atoms with Gasteiger partial charge in [-0.3, -0.25) is 0 Å². The van der Waals surface area contributed by atoms with Crippen LogP contribution in [0.25, 0.3) is 0 Å². The molecule has 0 radical (unpaired) electrons. The van der Waals surface area contributed by atoms with Gasteiger partial charge in [0.05, 0.1) is 18.8 Å². The maximum atomic E-state index is 12.5. The molecule has 35 heavy (non-hydrogen) atoms. The minimum Gasteiger partial charge on any atom is -0.494 e. The second-order valence-electron chi connectivity index (χ2n) is 9.96. The fourth-order valence-corrected chi connectivity index (χ4v) is 4.96. The van der Waals surface area contributed by atoms with Crippen LogP contribution in [0.2, 0.25) is 0 Å². The minimum absolute atomic E-state index is 0.373. The van der Waals surface area contributed by atoms with Gasteiger partial charge in [0, 0.05) is 0 Å². The van der Waals surface area contributed by atoms with E-state index in [-0.39, 0.29) is 5.97 Å². The monoisotopic (exact) mass is 480 g/mol. The van der Waals surface area contributed by atoms with Gasteiger partial charge in [0.25, 0.3) is 0 Å². The molecule has 2 aromatic rings. The molecule has 1 aliphatic carbocycles. The van der Waals surface area contributed by atoms with Crippen LogP contribution < -0.4 is 14.2 Å². The molecule has 1 fully saturated rings. The van der Waals surface area contributed by atoms with Crippen LogP contribution in [0.15, 0.2) is 48.5 Å². The summed E-state index contributed by atoms with van der Waals surface area (Å²) in [6.07, 6.45) is 15.4. The highest BCUT2D eigenvalue weighted by atomic mass is 16.5. The number of carbonyl (C=O) groups is 1. The molecule has 4 heteroatoms. The molecule has 0 amide bonds. The molecule has 192 valence electrons. The SMILES string of the molecule is CCCCCCOc1ccc(C(=O)Oc2ccc(OCCC[C@H]3CC[C@H](CCC)CC3)cc2)cc1. The lowest BCUT2D eigenvalue weighted by molar-refractivity contribution is 0.0734. The lowest BCUT2D eigenvalue weighted by Crippen LogP contribution is -2.15. The van der Waals surface area contributed by atoms with E-state index in [9.17, 15) is 4.79 Å². The molecular weight excluding hydrogens is 436 g/mol. The van der Waals surface area contributed by atoms with Crippen molar-refractivity contribution in [1.82, 2.24) is 0 Å². The molecule has 0 atom stereocenters. The van der Waals surface area contributed by atoms with Crippen molar-refractivity contribution in [2.75, 3.05) is 13.2 Å². The van der Waals surface area contributed by atoms with E-state index in [0.29, 0.717) is 17.9 Å². The smallest absolute Gasteiger partial charge is 0.343 e. The summed E-state index contributed by atoms with van der Waals surface area (Å²) in [4.78, 5) is 12.5. The predicted molar refractivity (Wildman–Crippen MR) is 143 cm³/mol. The third-order valence-corrected chi connectivity index (χ3v) is 7.08. The van der Waals surface area contributed by atoms with Crippen LogP contribution in [0.4, 0.5) is 0 Å². The average Bonchev–Trinajstić information content (AvgIpc) is 2.89. The van der Waals surface area contributed by atoms with E-state index in [2.05, 4.69) is 13.8 Å². The zero-order valence-electron chi connectivity index (χ0n) is 21.8. The Morgan fingerprint density at radius 1 is 0.657 bits per heavy atom. The van der Waals surface area contributed by atoms with Crippen LogP contribution in [-0.4, -0.2) is 19.2 Å². The zero-order chi connectivity index (χ0) is 24.7. The number of ether oxygens (including phenoxy) is 3. The van der Waals surface area contributed by atoms with Crippen LogP contribution in [-0.2, 0) is 0 Å². The Morgan fingerprint density at radius 2 is 1.20 bits per heavy atom. The molecule has 1 saturated carbocycles. The lowest BCUT2D eigenvalue weighted by Gasteiger charge is -2.28. The topological polar surface area (TPSA) is 44.8 Å². The van der Waals surface area contributed by atoms with Crippen molar-refractivity contribution in [2.45, 2.75) is 90.9 Å². The van der Waals surface area contributed by atoms with Crippen LogP contribution in [0, 0.1) is 11.8 Å². The molecule has 0 heterocycles. The van der Waals surface area contributed by atoms with Crippen molar-refractivity contribution in [3.8, 4) is 17.2 Å². The van der Waals surface area contributed by atoms with Gasteiger partial charge in [-0.2, -0.15) is 0 Å². The Balaban J connectivity index is 1.32. The molecule has 0 spiro atoms. The van der Waals surface area contributed by atoms with E-state index in [0.717, 1.165) is 42.8 Å². The first kappa shape index (κ1) is 27.1. The average molecular weight is 481 g/mol. The second-order valence-corrected chi connectivity index (χ2v) is 9.96. The van der Waals surface area contributed by atoms with Crippen molar-refractivity contribution < 1.29 is 19.0 Å². The fourth-order valence-electron chi connectivity index (χ4n) is 4.96. The summed E-state index contributed by atoms with van der Waals surface area (Å²) in [7, 11) is 0. The van der Waals surface area contributed by atoms with Gasteiger partial charge < -0.3 is 14.2 Å². The molecule has 1 aliphatic rings. The molecule has 0 unspecified atom stereocenters. The normalized spacial score (nSPS) is 17.7.